The largest absolute Gasteiger partial charge is 0.459 e. The lowest BCUT2D eigenvalue weighted by Gasteiger charge is -2.52. The Bertz CT molecular complexity index is 1150. The number of fused-ring (bicyclic) bond motifs is 3. The molecule has 1 N–H and O–H groups in total. The smallest absolute Gasteiger partial charge is 0.400 e. The van der Waals surface area contributed by atoms with Crippen LogP contribution in [-0.4, -0.2) is 22.8 Å². The molecule has 3 atom stereocenters. The number of rotatable bonds is 3. The van der Waals surface area contributed by atoms with Crippen molar-refractivity contribution in [3.63, 3.8) is 0 Å². The van der Waals surface area contributed by atoms with Gasteiger partial charge in [0.2, 0.25) is 0 Å². The molecule has 32 heavy (non-hydrogen) atoms. The van der Waals surface area contributed by atoms with Crippen LogP contribution in [0.4, 0.5) is 0 Å². The Morgan fingerprint density at radius 1 is 1.19 bits per heavy atom. The molecule has 2 aliphatic carbocycles. The molecule has 1 aliphatic heterocycles. The fraction of sp³-hybridized carbons (Fsp3) is 0.357. The van der Waals surface area contributed by atoms with Gasteiger partial charge >= 0.3 is 5.90 Å². The Kier molecular flexibility index (Phi) is 5.45. The predicted octanol–water partition coefficient (Wildman–Crippen LogP) is 4.34. The number of hydrogen-bond acceptors (Lipinski definition) is 4. The molecule has 3 unspecified atom stereocenters. The van der Waals surface area contributed by atoms with Gasteiger partial charge in [0.15, 0.2) is 0 Å². The molecule has 4 heteroatoms. The van der Waals surface area contributed by atoms with Gasteiger partial charge in [-0.15, -0.1) is 5.92 Å². The molecule has 5 rings (SSSR count). The van der Waals surface area contributed by atoms with Crippen molar-refractivity contribution in [3.05, 3.63) is 77.6 Å². The first-order valence-electron chi connectivity index (χ1n) is 11.4. The predicted molar refractivity (Wildman–Crippen MR) is 128 cm³/mol. The van der Waals surface area contributed by atoms with Gasteiger partial charge in [-0.1, -0.05) is 42.3 Å². The highest BCUT2D eigenvalue weighted by Crippen LogP contribution is 2.54. The van der Waals surface area contributed by atoms with Crippen molar-refractivity contribution in [3.8, 4) is 17.6 Å². The van der Waals surface area contributed by atoms with Gasteiger partial charge in [-0.05, 0) is 80.2 Å². The summed E-state index contributed by atoms with van der Waals surface area (Å²) in [6.07, 6.45) is 10.3. The van der Waals surface area contributed by atoms with Crippen molar-refractivity contribution in [1.82, 2.24) is 4.99 Å². The van der Waals surface area contributed by atoms with Crippen molar-refractivity contribution in [2.45, 2.75) is 56.5 Å². The average molecular weight is 425 g/mol. The summed E-state index contributed by atoms with van der Waals surface area (Å²) in [6.45, 7) is 1.82. The van der Waals surface area contributed by atoms with Crippen molar-refractivity contribution in [2.75, 3.05) is 0 Å². The van der Waals surface area contributed by atoms with Gasteiger partial charge in [0.25, 0.3) is 6.20 Å². The number of benzene rings is 2. The van der Waals surface area contributed by atoms with Crippen molar-refractivity contribution in [1.29, 1.82) is 0 Å². The Morgan fingerprint density at radius 3 is 2.84 bits per heavy atom. The van der Waals surface area contributed by atoms with Gasteiger partial charge < -0.3 is 9.84 Å². The van der Waals surface area contributed by atoms with Gasteiger partial charge in [-0.25, -0.2) is 4.99 Å². The summed E-state index contributed by atoms with van der Waals surface area (Å²) in [6, 6.07) is 17.2. The number of aliphatic hydroxyl groups is 1. The van der Waals surface area contributed by atoms with Crippen LogP contribution in [0.1, 0.15) is 49.3 Å². The van der Waals surface area contributed by atoms with Crippen molar-refractivity contribution in [2.24, 2.45) is 10.9 Å². The summed E-state index contributed by atoms with van der Waals surface area (Å²) in [5, 5.41) is 11.1. The van der Waals surface area contributed by atoms with Gasteiger partial charge in [0, 0.05) is 5.41 Å². The number of hydrogen-bond donors (Lipinski definition) is 1. The fourth-order valence-electron chi connectivity index (χ4n) is 5.82. The summed E-state index contributed by atoms with van der Waals surface area (Å²) in [5.74, 6) is 7.75. The first-order valence-corrected chi connectivity index (χ1v) is 11.4. The van der Waals surface area contributed by atoms with Crippen LogP contribution in [0.3, 0.4) is 0 Å². The maximum atomic E-state index is 11.1. The van der Waals surface area contributed by atoms with E-state index in [0.717, 1.165) is 37.9 Å². The monoisotopic (exact) mass is 424 g/mol. The molecule has 1 saturated carbocycles. The van der Waals surface area contributed by atoms with E-state index in [-0.39, 0.29) is 5.41 Å². The third-order valence-corrected chi connectivity index (χ3v) is 7.21. The van der Waals surface area contributed by atoms with Crippen LogP contribution in [0, 0.1) is 17.8 Å². The highest BCUT2D eigenvalue weighted by atomic mass is 16.5. The zero-order valence-electron chi connectivity index (χ0n) is 18.4. The summed E-state index contributed by atoms with van der Waals surface area (Å²) in [4.78, 5) is 8.32. The molecule has 0 bridgehead atoms. The molecular weight excluding hydrogens is 396 g/mol. The van der Waals surface area contributed by atoms with Crippen LogP contribution in [-0.2, 0) is 18.3 Å². The molecule has 0 saturated heterocycles. The van der Waals surface area contributed by atoms with Gasteiger partial charge in [0.05, 0.1) is 6.20 Å². The lowest BCUT2D eigenvalue weighted by Crippen LogP contribution is -2.50. The van der Waals surface area contributed by atoms with Gasteiger partial charge in [-0.2, -0.15) is 0 Å². The summed E-state index contributed by atoms with van der Waals surface area (Å²) >= 11 is 0. The molecule has 1 heterocycles. The van der Waals surface area contributed by atoms with E-state index in [1.807, 2.05) is 6.92 Å². The van der Waals surface area contributed by atoms with E-state index in [1.165, 1.54) is 16.7 Å². The molecule has 2 aromatic carbocycles. The molecular formula is C28H28N2O2+. The second-order valence-corrected chi connectivity index (χ2v) is 9.13. The minimum atomic E-state index is -0.869. The van der Waals surface area contributed by atoms with Crippen LogP contribution in [0.15, 0.2) is 65.9 Å². The second kappa shape index (κ2) is 8.41. The maximum absolute atomic E-state index is 11.1. The van der Waals surface area contributed by atoms with E-state index in [9.17, 15) is 5.11 Å². The third-order valence-electron chi connectivity index (χ3n) is 7.21. The van der Waals surface area contributed by atoms with E-state index < -0.39 is 5.60 Å². The lowest BCUT2D eigenvalue weighted by molar-refractivity contribution is -0.00803. The maximum Gasteiger partial charge on any atom is 0.459 e. The van der Waals surface area contributed by atoms with Crippen LogP contribution in [0.2, 0.25) is 0 Å². The summed E-state index contributed by atoms with van der Waals surface area (Å²) < 4.78 is 5.96. The van der Waals surface area contributed by atoms with E-state index in [4.69, 9.17) is 4.74 Å². The quantitative estimate of drug-likeness (QED) is 0.746. The minimum absolute atomic E-state index is 0.00166. The molecule has 0 amide bonds. The molecule has 2 aromatic rings. The number of nitrogens with zero attached hydrogens (tertiary/aromatic N) is 2. The van der Waals surface area contributed by atoms with Gasteiger partial charge in [0.1, 0.15) is 22.6 Å². The number of aliphatic imine (C=N–C) groups is 2. The van der Waals surface area contributed by atoms with Crippen LogP contribution >= 0.6 is 0 Å². The molecule has 0 spiro atoms. The molecule has 161 valence electrons. The number of aryl methyl sites for hydroxylation is 1. The van der Waals surface area contributed by atoms with Crippen molar-refractivity contribution >= 4 is 12.1 Å². The lowest BCUT2D eigenvalue weighted by atomic mass is 9.52. The first kappa shape index (κ1) is 20.7. The highest BCUT2D eigenvalue weighted by Gasteiger charge is 2.51. The standard InChI is InChI=1S/C28H28N2O2/c1-2-12-27(31)13-14-28(18-21-6-4-3-5-7-21)23(19-27)9-8-22-17-24(10-11-25(22)28)32-26-20-29-15-16-30-26/h3-7,10-11,15-17,20,23,31H,8-9,13-14,18-19H2,1H3/q+1. The first-order chi connectivity index (χ1) is 15.6. The van der Waals surface area contributed by atoms with E-state index in [2.05, 4.69) is 70.4 Å². The average Bonchev–Trinajstić information content (AvgIpc) is 2.81. The number of ether oxygens (including phenoxy) is 1. The molecule has 3 aliphatic rings. The Balaban J connectivity index is 1.52. The molecule has 1 fully saturated rings. The normalized spacial score (nSPS) is 28.1. The Morgan fingerprint density at radius 2 is 2.06 bits per heavy atom. The summed E-state index contributed by atoms with van der Waals surface area (Å²) in [7, 11) is 0. The highest BCUT2D eigenvalue weighted by molar-refractivity contribution is 6.27. The zero-order valence-corrected chi connectivity index (χ0v) is 18.4. The van der Waals surface area contributed by atoms with Crippen LogP contribution < -0.4 is 9.73 Å². The van der Waals surface area contributed by atoms with E-state index in [1.54, 1.807) is 18.6 Å². The van der Waals surface area contributed by atoms with Crippen LogP contribution in [0.25, 0.3) is 0 Å². The van der Waals surface area contributed by atoms with Gasteiger partial charge in [-0.3, -0.25) is 0 Å². The minimum Gasteiger partial charge on any atom is -0.400 e. The SMILES string of the molecule is CC#CC1(O)CCC2(Cc3ccccc3)c3ccc(OC4=[N+]C=CN=C4)cc3CCC2C1. The van der Waals surface area contributed by atoms with Crippen molar-refractivity contribution < 1.29 is 9.84 Å². The topological polar surface area (TPSA) is 55.9 Å². The van der Waals surface area contributed by atoms with E-state index >= 15 is 0 Å². The Labute approximate surface area is 189 Å². The molecule has 4 nitrogen and oxygen atoms in total. The zero-order chi connectivity index (χ0) is 22.0. The molecule has 0 aromatic heterocycles. The van der Waals surface area contributed by atoms with Crippen LogP contribution in [0.5, 0.6) is 5.75 Å². The fourth-order valence-corrected chi connectivity index (χ4v) is 5.82. The second-order valence-electron chi connectivity index (χ2n) is 9.13. The van der Waals surface area contributed by atoms with E-state index in [0.29, 0.717) is 18.2 Å². The summed E-state index contributed by atoms with van der Waals surface area (Å²) in [5.41, 5.74) is 3.21. The third kappa shape index (κ3) is 3.89. The molecule has 1 radical (unpaired) electrons. The Hall–Kier alpha value is -3.16.